The quantitative estimate of drug-likeness (QED) is 0.109. The van der Waals surface area contributed by atoms with E-state index in [1.54, 1.807) is 11.0 Å². The van der Waals surface area contributed by atoms with E-state index in [2.05, 4.69) is 51.6 Å². The van der Waals surface area contributed by atoms with E-state index in [4.69, 9.17) is 31.0 Å². The van der Waals surface area contributed by atoms with Crippen LogP contribution in [0, 0.1) is 18.3 Å². The van der Waals surface area contributed by atoms with Gasteiger partial charge in [0.1, 0.15) is 18.0 Å². The third-order valence-corrected chi connectivity index (χ3v) is 11.6. The van der Waals surface area contributed by atoms with Crippen LogP contribution in [-0.2, 0) is 22.5 Å². The molecule has 0 radical (unpaired) electrons. The summed E-state index contributed by atoms with van der Waals surface area (Å²) in [5.74, 6) is 0.321. The average Bonchev–Trinajstić information content (AvgIpc) is 3.66. The molecule has 2 fully saturated rings. The maximum absolute atomic E-state index is 12.9. The molecule has 0 spiro atoms. The lowest BCUT2D eigenvalue weighted by molar-refractivity contribution is -0.128. The standard InChI is InChI=1S/C44H50ClN7O4/c1-5-39(53)52-25-24-51(27-33(52)17-20-46)41-35-18-22-50(38-16-8-12-31-11-7-15-36(45)40(31)38)28-37(35)47-43(48-41)55-29-34-14-9-21-49(34)23-19-44(3,4)56-42(54)32-13-6-10-30(2)26-32/h5-8,10-13,15-16,26,33-34H,1,9,14,17-19,21-25,27-29H2,2-4H3/t33-,34-/m0/s1. The molecule has 2 atom stereocenters. The van der Waals surface area contributed by atoms with Crippen molar-refractivity contribution in [2.45, 2.75) is 77.1 Å². The number of piperazine rings is 1. The maximum atomic E-state index is 12.9. The minimum atomic E-state index is -0.644. The van der Waals surface area contributed by atoms with E-state index in [9.17, 15) is 14.9 Å². The summed E-state index contributed by atoms with van der Waals surface area (Å²) in [5, 5.41) is 12.5. The molecule has 4 heterocycles. The molecule has 4 aromatic rings. The molecule has 7 rings (SSSR count). The van der Waals surface area contributed by atoms with Crippen LogP contribution in [0.15, 0.2) is 73.3 Å². The smallest absolute Gasteiger partial charge is 0.338 e. The Kier molecular flexibility index (Phi) is 11.8. The predicted octanol–water partition coefficient (Wildman–Crippen LogP) is 7.14. The van der Waals surface area contributed by atoms with E-state index >= 15 is 0 Å². The number of esters is 1. The summed E-state index contributed by atoms with van der Waals surface area (Å²) in [6.07, 6.45) is 4.94. The molecule has 1 aromatic heterocycles. The second-order valence-corrected chi connectivity index (χ2v) is 16.1. The van der Waals surface area contributed by atoms with Crippen LogP contribution in [-0.4, -0.2) is 95.2 Å². The highest BCUT2D eigenvalue weighted by Crippen LogP contribution is 2.37. The van der Waals surface area contributed by atoms with E-state index in [1.807, 2.05) is 51.1 Å². The van der Waals surface area contributed by atoms with Crippen LogP contribution < -0.4 is 14.5 Å². The molecule has 2 saturated heterocycles. The van der Waals surface area contributed by atoms with Gasteiger partial charge in [-0.25, -0.2) is 4.79 Å². The molecule has 292 valence electrons. The summed E-state index contributed by atoms with van der Waals surface area (Å²) in [6, 6.07) is 22.2. The van der Waals surface area contributed by atoms with Gasteiger partial charge in [-0.3, -0.25) is 9.69 Å². The number of rotatable bonds is 12. The zero-order valence-corrected chi connectivity index (χ0v) is 33.3. The summed E-state index contributed by atoms with van der Waals surface area (Å²) in [5.41, 5.74) is 3.94. The number of halogens is 1. The number of carbonyl (C=O) groups excluding carboxylic acids is 2. The van der Waals surface area contributed by atoms with Gasteiger partial charge in [0.15, 0.2) is 0 Å². The van der Waals surface area contributed by atoms with Crippen LogP contribution in [0.2, 0.25) is 5.02 Å². The monoisotopic (exact) mass is 775 g/mol. The lowest BCUT2D eigenvalue weighted by Crippen LogP contribution is -2.55. The molecular formula is C44H50ClN7O4. The number of nitrogens with zero attached hydrogens (tertiary/aromatic N) is 7. The largest absolute Gasteiger partial charge is 0.462 e. The van der Waals surface area contributed by atoms with Gasteiger partial charge in [0.05, 0.1) is 41.4 Å². The van der Waals surface area contributed by atoms with Crippen LogP contribution in [0.4, 0.5) is 11.5 Å². The van der Waals surface area contributed by atoms with Crippen molar-refractivity contribution in [1.82, 2.24) is 19.8 Å². The molecule has 0 unspecified atom stereocenters. The number of hydrogen-bond donors (Lipinski definition) is 0. The van der Waals surface area contributed by atoms with Crippen LogP contribution in [0.25, 0.3) is 10.8 Å². The van der Waals surface area contributed by atoms with Gasteiger partial charge in [0.2, 0.25) is 5.91 Å². The summed E-state index contributed by atoms with van der Waals surface area (Å²) < 4.78 is 12.5. The van der Waals surface area contributed by atoms with Gasteiger partial charge in [-0.2, -0.15) is 15.2 Å². The van der Waals surface area contributed by atoms with Crippen LogP contribution >= 0.6 is 11.6 Å². The van der Waals surface area contributed by atoms with Gasteiger partial charge in [-0.1, -0.05) is 60.1 Å². The first kappa shape index (κ1) is 39.1. The normalized spacial score (nSPS) is 18.7. The number of ether oxygens (including phenoxy) is 2. The van der Waals surface area contributed by atoms with Crippen LogP contribution in [0.3, 0.4) is 0 Å². The Morgan fingerprint density at radius 3 is 2.62 bits per heavy atom. The van der Waals surface area contributed by atoms with Crippen LogP contribution in [0.1, 0.15) is 66.7 Å². The van der Waals surface area contributed by atoms with Crippen molar-refractivity contribution in [3.05, 3.63) is 101 Å². The number of fused-ring (bicyclic) bond motifs is 2. The van der Waals surface area contributed by atoms with E-state index in [0.29, 0.717) is 62.2 Å². The Balaban J connectivity index is 1.10. The van der Waals surface area contributed by atoms with Crippen molar-refractivity contribution in [3.63, 3.8) is 0 Å². The molecule has 11 nitrogen and oxygen atoms in total. The number of aromatic nitrogens is 2. The molecule has 1 amide bonds. The molecular weight excluding hydrogens is 726 g/mol. The lowest BCUT2D eigenvalue weighted by atomic mass is 10.0. The lowest BCUT2D eigenvalue weighted by Gasteiger charge is -2.42. The number of nitriles is 1. The van der Waals surface area contributed by atoms with Crippen molar-refractivity contribution in [2.24, 2.45) is 0 Å². The van der Waals surface area contributed by atoms with Crippen molar-refractivity contribution in [2.75, 3.05) is 55.7 Å². The van der Waals surface area contributed by atoms with Gasteiger partial charge < -0.3 is 24.2 Å². The number of likely N-dealkylation sites (tertiary alicyclic amines) is 1. The highest BCUT2D eigenvalue weighted by atomic mass is 35.5. The van der Waals surface area contributed by atoms with E-state index < -0.39 is 5.60 Å². The third kappa shape index (κ3) is 8.62. The Bertz CT molecular complexity index is 2150. The van der Waals surface area contributed by atoms with Crippen molar-refractivity contribution < 1.29 is 19.1 Å². The third-order valence-electron chi connectivity index (χ3n) is 11.3. The molecule has 56 heavy (non-hydrogen) atoms. The predicted molar refractivity (Wildman–Crippen MR) is 219 cm³/mol. The molecule has 0 bridgehead atoms. The number of benzene rings is 3. The molecule has 3 aliphatic rings. The fraction of sp³-hybridized carbons (Fsp3) is 0.432. The molecule has 0 aliphatic carbocycles. The Morgan fingerprint density at radius 2 is 1.84 bits per heavy atom. The molecule has 3 aliphatic heterocycles. The van der Waals surface area contributed by atoms with Crippen molar-refractivity contribution >= 4 is 45.8 Å². The maximum Gasteiger partial charge on any atom is 0.338 e. The SMILES string of the molecule is C=CC(=O)N1CCN(c2nc(OC[C@@H]3CCCN3CCC(C)(C)OC(=O)c3cccc(C)c3)nc3c2CCN(c2cccc4cccc(Cl)c24)C3)C[C@@H]1CC#N. The Hall–Kier alpha value is -5.18. The molecule has 0 saturated carbocycles. The van der Waals surface area contributed by atoms with Gasteiger partial charge in [-0.15, -0.1) is 0 Å². The van der Waals surface area contributed by atoms with Gasteiger partial charge in [-0.05, 0) is 88.7 Å². The number of aryl methyl sites for hydroxylation is 1. The first-order valence-electron chi connectivity index (χ1n) is 19.6. The first-order chi connectivity index (χ1) is 27.0. The topological polar surface area (TPSA) is 115 Å². The Morgan fingerprint density at radius 1 is 1.04 bits per heavy atom. The second kappa shape index (κ2) is 16.9. The minimum absolute atomic E-state index is 0.157. The van der Waals surface area contributed by atoms with Crippen molar-refractivity contribution in [1.29, 1.82) is 5.26 Å². The first-order valence-corrected chi connectivity index (χ1v) is 19.9. The van der Waals surface area contributed by atoms with Gasteiger partial charge >= 0.3 is 12.0 Å². The Labute approximate surface area is 334 Å². The summed E-state index contributed by atoms with van der Waals surface area (Å²) in [7, 11) is 0. The number of amides is 1. The zero-order valence-electron chi connectivity index (χ0n) is 32.5. The highest BCUT2D eigenvalue weighted by molar-refractivity contribution is 6.36. The fourth-order valence-corrected chi connectivity index (χ4v) is 8.57. The van der Waals surface area contributed by atoms with Gasteiger partial charge in [0.25, 0.3) is 0 Å². The molecule has 3 aromatic carbocycles. The zero-order chi connectivity index (χ0) is 39.4. The number of carbonyl (C=O) groups is 2. The summed E-state index contributed by atoms with van der Waals surface area (Å²) in [6.45, 7) is 14.5. The molecule has 0 N–H and O–H groups in total. The summed E-state index contributed by atoms with van der Waals surface area (Å²) >= 11 is 6.77. The highest BCUT2D eigenvalue weighted by Gasteiger charge is 2.34. The second-order valence-electron chi connectivity index (χ2n) is 15.7. The number of anilines is 2. The van der Waals surface area contributed by atoms with Gasteiger partial charge in [0, 0.05) is 55.4 Å². The van der Waals surface area contributed by atoms with E-state index in [0.717, 1.165) is 71.6 Å². The van der Waals surface area contributed by atoms with E-state index in [1.165, 1.54) is 6.08 Å². The number of hydrogen-bond acceptors (Lipinski definition) is 10. The van der Waals surface area contributed by atoms with Crippen LogP contribution in [0.5, 0.6) is 6.01 Å². The summed E-state index contributed by atoms with van der Waals surface area (Å²) in [4.78, 5) is 44.4. The fourth-order valence-electron chi connectivity index (χ4n) is 8.29. The van der Waals surface area contributed by atoms with Crippen molar-refractivity contribution in [3.8, 4) is 12.1 Å². The molecule has 12 heteroatoms. The minimum Gasteiger partial charge on any atom is -0.462 e. The average molecular weight is 776 g/mol. The van der Waals surface area contributed by atoms with E-state index in [-0.39, 0.29) is 30.4 Å².